The van der Waals surface area contributed by atoms with Crippen molar-refractivity contribution >= 4 is 18.0 Å². The van der Waals surface area contributed by atoms with Crippen LogP contribution in [0.2, 0.25) is 0 Å². The third kappa shape index (κ3) is 6.02. The summed E-state index contributed by atoms with van der Waals surface area (Å²) in [6.45, 7) is 2.80. The summed E-state index contributed by atoms with van der Waals surface area (Å²) in [5.41, 5.74) is 4.76. The number of fused-ring (bicyclic) bond motifs is 3. The number of ether oxygens (including phenoxy) is 1. The molecule has 7 heteroatoms. The Morgan fingerprint density at radius 1 is 1.00 bits per heavy atom. The Balaban J connectivity index is 1.16. The average molecular weight is 479 g/mol. The normalized spacial score (nSPS) is 19.1. The van der Waals surface area contributed by atoms with Gasteiger partial charge in [-0.3, -0.25) is 4.79 Å². The number of nitrogens with one attached hydrogen (secondary N) is 2. The van der Waals surface area contributed by atoms with Gasteiger partial charge in [0.05, 0.1) is 0 Å². The van der Waals surface area contributed by atoms with Crippen molar-refractivity contribution in [2.24, 2.45) is 11.8 Å². The van der Waals surface area contributed by atoms with Gasteiger partial charge < -0.3 is 20.5 Å². The van der Waals surface area contributed by atoms with Crippen molar-refractivity contribution in [2.75, 3.05) is 13.2 Å². The van der Waals surface area contributed by atoms with Gasteiger partial charge in [0.25, 0.3) is 0 Å². The predicted molar refractivity (Wildman–Crippen MR) is 133 cm³/mol. The zero-order valence-corrected chi connectivity index (χ0v) is 20.2. The molecule has 1 unspecified atom stereocenters. The molecular weight excluding hydrogens is 444 g/mol. The van der Waals surface area contributed by atoms with Crippen molar-refractivity contribution < 1.29 is 24.2 Å². The van der Waals surface area contributed by atoms with Crippen molar-refractivity contribution in [1.29, 1.82) is 0 Å². The number of carboxylic acids is 1. The number of carbonyl (C=O) groups excluding carboxylic acids is 2. The maximum absolute atomic E-state index is 12.3. The molecule has 2 aromatic rings. The molecule has 0 radical (unpaired) electrons. The summed E-state index contributed by atoms with van der Waals surface area (Å²) in [5, 5.41) is 14.8. The van der Waals surface area contributed by atoms with Gasteiger partial charge in [-0.15, -0.1) is 0 Å². The van der Waals surface area contributed by atoms with E-state index in [-0.39, 0.29) is 24.3 Å². The summed E-state index contributed by atoms with van der Waals surface area (Å²) in [5.74, 6) is -0.618. The smallest absolute Gasteiger partial charge is 0.407 e. The molecule has 2 aromatic carbocycles. The van der Waals surface area contributed by atoms with Crippen molar-refractivity contribution in [1.82, 2.24) is 10.6 Å². The first kappa shape index (κ1) is 24.8. The lowest BCUT2D eigenvalue weighted by Gasteiger charge is -2.35. The van der Waals surface area contributed by atoms with E-state index >= 15 is 0 Å². The number of carboxylic acid groups (broad SMARTS) is 1. The molecule has 0 saturated heterocycles. The third-order valence-corrected chi connectivity index (χ3v) is 7.17. The number of unbranched alkanes of at least 4 members (excludes halogenated alkanes) is 1. The lowest BCUT2D eigenvalue weighted by molar-refractivity contribution is -0.142. The number of carbonyl (C=O) groups is 3. The Morgan fingerprint density at radius 3 is 2.23 bits per heavy atom. The highest BCUT2D eigenvalue weighted by molar-refractivity contribution is 5.83. The molecule has 2 aliphatic carbocycles. The molecule has 4 rings (SSSR count). The van der Waals surface area contributed by atoms with Crippen molar-refractivity contribution in [3.05, 3.63) is 59.7 Å². The molecule has 1 fully saturated rings. The molecule has 2 amide bonds. The van der Waals surface area contributed by atoms with E-state index in [1.165, 1.54) is 22.3 Å². The van der Waals surface area contributed by atoms with Gasteiger partial charge in [-0.2, -0.15) is 0 Å². The molecule has 1 saturated carbocycles. The zero-order chi connectivity index (χ0) is 24.8. The van der Waals surface area contributed by atoms with E-state index in [2.05, 4.69) is 34.9 Å². The van der Waals surface area contributed by atoms with Crippen molar-refractivity contribution in [2.45, 2.75) is 57.4 Å². The minimum absolute atomic E-state index is 0.0340. The SMILES string of the molecule is CCCCC(NC(=O)CC1CC(CNC(=O)OCC2c3ccccc3-c3ccccc32)C1)C(=O)O. The van der Waals surface area contributed by atoms with Gasteiger partial charge in [0.15, 0.2) is 0 Å². The summed E-state index contributed by atoms with van der Waals surface area (Å²) in [4.78, 5) is 35.9. The number of aliphatic carboxylic acids is 1. The van der Waals surface area contributed by atoms with Crippen LogP contribution < -0.4 is 10.6 Å². The first-order valence-electron chi connectivity index (χ1n) is 12.6. The zero-order valence-electron chi connectivity index (χ0n) is 20.2. The molecule has 2 aliphatic rings. The number of benzene rings is 2. The molecule has 0 aliphatic heterocycles. The monoisotopic (exact) mass is 478 g/mol. The van der Waals surface area contributed by atoms with Gasteiger partial charge in [0, 0.05) is 18.9 Å². The summed E-state index contributed by atoms with van der Waals surface area (Å²) >= 11 is 0. The fourth-order valence-corrected chi connectivity index (χ4v) is 5.27. The molecule has 0 spiro atoms. The van der Waals surface area contributed by atoms with E-state index in [4.69, 9.17) is 4.74 Å². The molecule has 0 bridgehead atoms. The van der Waals surface area contributed by atoms with Crippen LogP contribution >= 0.6 is 0 Å². The fourth-order valence-electron chi connectivity index (χ4n) is 5.27. The number of rotatable bonds is 11. The van der Waals surface area contributed by atoms with Crippen LogP contribution in [0.4, 0.5) is 4.79 Å². The molecule has 7 nitrogen and oxygen atoms in total. The third-order valence-electron chi connectivity index (χ3n) is 7.17. The minimum Gasteiger partial charge on any atom is -0.480 e. The van der Waals surface area contributed by atoms with Gasteiger partial charge >= 0.3 is 12.1 Å². The first-order chi connectivity index (χ1) is 17.0. The van der Waals surface area contributed by atoms with Crippen LogP contribution in [0.3, 0.4) is 0 Å². The summed E-state index contributed by atoms with van der Waals surface area (Å²) in [6, 6.07) is 15.7. The van der Waals surface area contributed by atoms with Gasteiger partial charge in [0.2, 0.25) is 5.91 Å². The second kappa shape index (κ2) is 11.4. The van der Waals surface area contributed by atoms with Crippen LogP contribution in [0.15, 0.2) is 48.5 Å². The van der Waals surface area contributed by atoms with Crippen LogP contribution in [-0.4, -0.2) is 42.3 Å². The van der Waals surface area contributed by atoms with Gasteiger partial charge in [-0.05, 0) is 53.4 Å². The second-order valence-electron chi connectivity index (χ2n) is 9.71. The standard InChI is InChI=1S/C28H34N2O5/c1-2-3-12-25(27(32)33)30-26(31)15-18-13-19(14-18)16-29-28(34)35-17-24-22-10-6-4-8-20(22)21-9-5-7-11-23(21)24/h4-11,18-19,24-25H,2-3,12-17H2,1H3,(H,29,34)(H,30,31)(H,32,33). The number of hydrogen-bond donors (Lipinski definition) is 3. The predicted octanol–water partition coefficient (Wildman–Crippen LogP) is 4.70. The largest absolute Gasteiger partial charge is 0.480 e. The molecule has 3 N–H and O–H groups in total. The molecule has 186 valence electrons. The average Bonchev–Trinajstić information content (AvgIpc) is 3.15. The minimum atomic E-state index is -0.981. The van der Waals surface area contributed by atoms with Crippen LogP contribution in [0, 0.1) is 11.8 Å². The van der Waals surface area contributed by atoms with Crippen molar-refractivity contribution in [3.8, 4) is 11.1 Å². The molecule has 0 aromatic heterocycles. The Morgan fingerprint density at radius 2 is 1.63 bits per heavy atom. The quantitative estimate of drug-likeness (QED) is 0.434. The Kier molecular flexibility index (Phi) is 8.06. The van der Waals surface area contributed by atoms with E-state index in [1.807, 2.05) is 31.2 Å². The highest BCUT2D eigenvalue weighted by Gasteiger charge is 2.32. The first-order valence-corrected chi connectivity index (χ1v) is 12.6. The van der Waals surface area contributed by atoms with Gasteiger partial charge in [-0.1, -0.05) is 68.3 Å². The number of amides is 2. The highest BCUT2D eigenvalue weighted by Crippen LogP contribution is 2.44. The summed E-state index contributed by atoms with van der Waals surface area (Å²) in [7, 11) is 0. The number of hydrogen-bond acceptors (Lipinski definition) is 4. The van der Waals surface area contributed by atoms with Crippen LogP contribution in [0.25, 0.3) is 11.1 Å². The fraction of sp³-hybridized carbons (Fsp3) is 0.464. The van der Waals surface area contributed by atoms with E-state index in [9.17, 15) is 19.5 Å². The molecule has 0 heterocycles. The van der Waals surface area contributed by atoms with Gasteiger partial charge in [0.1, 0.15) is 12.6 Å². The Hall–Kier alpha value is -3.35. The van der Waals surface area contributed by atoms with E-state index in [0.717, 1.165) is 25.7 Å². The van der Waals surface area contributed by atoms with Crippen LogP contribution in [0.5, 0.6) is 0 Å². The summed E-state index contributed by atoms with van der Waals surface area (Å²) < 4.78 is 5.58. The van der Waals surface area contributed by atoms with Crippen molar-refractivity contribution in [3.63, 3.8) is 0 Å². The molecule has 1 atom stereocenters. The van der Waals surface area contributed by atoms with E-state index in [0.29, 0.717) is 25.3 Å². The molecular formula is C28H34N2O5. The highest BCUT2D eigenvalue weighted by atomic mass is 16.5. The molecule has 35 heavy (non-hydrogen) atoms. The second-order valence-corrected chi connectivity index (χ2v) is 9.71. The van der Waals surface area contributed by atoms with E-state index < -0.39 is 18.1 Å². The van der Waals surface area contributed by atoms with Gasteiger partial charge in [-0.25, -0.2) is 9.59 Å². The summed E-state index contributed by atoms with van der Waals surface area (Å²) in [6.07, 6.45) is 3.69. The lowest BCUT2D eigenvalue weighted by atomic mass is 9.73. The maximum Gasteiger partial charge on any atom is 0.407 e. The maximum atomic E-state index is 12.3. The Labute approximate surface area is 206 Å². The topological polar surface area (TPSA) is 105 Å². The van der Waals surface area contributed by atoms with Crippen LogP contribution in [-0.2, 0) is 14.3 Å². The van der Waals surface area contributed by atoms with Crippen LogP contribution in [0.1, 0.15) is 62.5 Å². The lowest BCUT2D eigenvalue weighted by Crippen LogP contribution is -2.43. The van der Waals surface area contributed by atoms with E-state index in [1.54, 1.807) is 0 Å². The Bertz CT molecular complexity index is 1020. The number of alkyl carbamates (subject to hydrolysis) is 1.